The smallest absolute Gasteiger partial charge is 0.435 e. The van der Waals surface area contributed by atoms with Gasteiger partial charge in [0.1, 0.15) is 24.1 Å². The molecule has 0 atom stereocenters. The van der Waals surface area contributed by atoms with Crippen LogP contribution in [-0.2, 0) is 27.9 Å². The van der Waals surface area contributed by atoms with Gasteiger partial charge in [0.25, 0.3) is 0 Å². The number of nitrogens with zero attached hydrogens (tertiary/aromatic N) is 5. The molecule has 1 aliphatic rings. The zero-order valence-corrected chi connectivity index (χ0v) is 22.2. The minimum atomic E-state index is -4.64. The number of aryl methyl sites for hydroxylation is 1. The topological polar surface area (TPSA) is 136 Å². The highest BCUT2D eigenvalue weighted by Gasteiger charge is 2.45. The fourth-order valence-corrected chi connectivity index (χ4v) is 4.30. The van der Waals surface area contributed by atoms with Gasteiger partial charge in [0.15, 0.2) is 17.3 Å². The first-order chi connectivity index (χ1) is 18.5. The molecule has 0 aliphatic heterocycles. The van der Waals surface area contributed by atoms with Crippen molar-refractivity contribution in [3.8, 4) is 5.82 Å². The van der Waals surface area contributed by atoms with E-state index < -0.39 is 47.4 Å². The third-order valence-electron chi connectivity index (χ3n) is 6.16. The van der Waals surface area contributed by atoms with Gasteiger partial charge in [-0.05, 0) is 52.5 Å². The maximum Gasteiger partial charge on any atom is 0.435 e. The van der Waals surface area contributed by atoms with Crippen molar-refractivity contribution in [3.63, 3.8) is 0 Å². The molecule has 0 bridgehead atoms. The van der Waals surface area contributed by atoms with Crippen molar-refractivity contribution in [1.29, 1.82) is 0 Å². The van der Waals surface area contributed by atoms with Gasteiger partial charge in [-0.15, -0.1) is 0 Å². The lowest BCUT2D eigenvalue weighted by Crippen LogP contribution is -2.47. The van der Waals surface area contributed by atoms with Crippen molar-refractivity contribution in [2.45, 2.75) is 64.5 Å². The molecule has 15 heteroatoms. The predicted octanol–water partition coefficient (Wildman–Crippen LogP) is 3.69. The quantitative estimate of drug-likeness (QED) is 0.371. The number of ether oxygens (including phenoxy) is 1. The highest BCUT2D eigenvalue weighted by Crippen LogP contribution is 2.44. The van der Waals surface area contributed by atoms with Crippen molar-refractivity contribution < 1.29 is 37.0 Å². The monoisotopic (exact) mass is 567 g/mol. The number of alkyl carbamates (subject to hydrolysis) is 1. The summed E-state index contributed by atoms with van der Waals surface area (Å²) in [7, 11) is 0. The highest BCUT2D eigenvalue weighted by atomic mass is 19.4. The number of pyridine rings is 1. The predicted molar refractivity (Wildman–Crippen MR) is 133 cm³/mol. The van der Waals surface area contributed by atoms with Crippen LogP contribution in [0.5, 0.6) is 0 Å². The molecule has 11 nitrogen and oxygen atoms in total. The number of carbonyl (C=O) groups is 2. The SMILES string of the molecule is Cc1cc(C(F)(F)F)nn1CC(=O)Nc1cnc(-n2cnc(C3(O)CC(CNC(=O)OC(C)(C)C)C3)c2)c(F)c1. The van der Waals surface area contributed by atoms with Gasteiger partial charge in [-0.25, -0.2) is 19.2 Å². The number of anilines is 1. The van der Waals surface area contributed by atoms with Crippen LogP contribution in [0.25, 0.3) is 5.82 Å². The largest absolute Gasteiger partial charge is 0.444 e. The Balaban J connectivity index is 1.34. The van der Waals surface area contributed by atoms with Crippen LogP contribution in [0.4, 0.5) is 28.0 Å². The molecule has 0 radical (unpaired) electrons. The van der Waals surface area contributed by atoms with Gasteiger partial charge in [-0.1, -0.05) is 0 Å². The molecule has 3 aromatic heterocycles. The molecule has 216 valence electrons. The molecule has 1 saturated carbocycles. The molecule has 1 fully saturated rings. The lowest BCUT2D eigenvalue weighted by atomic mass is 9.69. The Morgan fingerprint density at radius 2 is 1.90 bits per heavy atom. The van der Waals surface area contributed by atoms with Crippen molar-refractivity contribution >= 4 is 17.7 Å². The van der Waals surface area contributed by atoms with Crippen LogP contribution in [0.1, 0.15) is 50.7 Å². The minimum absolute atomic E-state index is 0.00556. The third-order valence-corrected chi connectivity index (χ3v) is 6.16. The second kappa shape index (κ2) is 10.5. The number of imidazole rings is 1. The van der Waals surface area contributed by atoms with Crippen molar-refractivity contribution in [3.05, 3.63) is 53.8 Å². The normalized spacial score (nSPS) is 19.2. The van der Waals surface area contributed by atoms with E-state index in [9.17, 15) is 32.3 Å². The molecule has 3 N–H and O–H groups in total. The average molecular weight is 568 g/mol. The molecule has 0 unspecified atom stereocenters. The minimum Gasteiger partial charge on any atom is -0.444 e. The number of nitrogens with one attached hydrogen (secondary N) is 2. The first kappa shape index (κ1) is 29.0. The number of rotatable bonds is 7. The van der Waals surface area contributed by atoms with Crippen LogP contribution >= 0.6 is 0 Å². The molecular weight excluding hydrogens is 538 g/mol. The van der Waals surface area contributed by atoms with E-state index in [1.54, 1.807) is 20.8 Å². The molecular formula is C25H29F4N7O4. The number of hydrogen-bond donors (Lipinski definition) is 3. The van der Waals surface area contributed by atoms with Gasteiger partial charge in [-0.2, -0.15) is 18.3 Å². The van der Waals surface area contributed by atoms with Gasteiger partial charge in [0, 0.05) is 24.5 Å². The fourth-order valence-electron chi connectivity index (χ4n) is 4.30. The van der Waals surface area contributed by atoms with Crippen LogP contribution in [0.15, 0.2) is 30.9 Å². The van der Waals surface area contributed by atoms with Crippen LogP contribution in [0.3, 0.4) is 0 Å². The van der Waals surface area contributed by atoms with E-state index in [4.69, 9.17) is 4.74 Å². The van der Waals surface area contributed by atoms with Crippen LogP contribution in [-0.4, -0.2) is 53.6 Å². The van der Waals surface area contributed by atoms with Gasteiger partial charge in [0.05, 0.1) is 17.6 Å². The van der Waals surface area contributed by atoms with E-state index in [1.807, 2.05) is 0 Å². The molecule has 3 heterocycles. The number of aliphatic hydroxyl groups is 1. The molecule has 2 amide bonds. The van der Waals surface area contributed by atoms with E-state index in [0.29, 0.717) is 25.1 Å². The number of alkyl halides is 3. The first-order valence-electron chi connectivity index (χ1n) is 12.3. The van der Waals surface area contributed by atoms with Crippen LogP contribution in [0.2, 0.25) is 0 Å². The zero-order valence-electron chi connectivity index (χ0n) is 22.2. The van der Waals surface area contributed by atoms with E-state index in [1.165, 1.54) is 30.2 Å². The molecule has 4 rings (SSSR count). The lowest BCUT2D eigenvalue weighted by Gasteiger charge is -2.42. The van der Waals surface area contributed by atoms with Crippen molar-refractivity contribution in [2.75, 3.05) is 11.9 Å². The van der Waals surface area contributed by atoms with Crippen molar-refractivity contribution in [2.24, 2.45) is 5.92 Å². The average Bonchev–Trinajstić information content (AvgIpc) is 3.42. The summed E-state index contributed by atoms with van der Waals surface area (Å²) in [6.45, 7) is 6.47. The van der Waals surface area contributed by atoms with Gasteiger partial charge < -0.3 is 20.5 Å². The first-order valence-corrected chi connectivity index (χ1v) is 12.3. The van der Waals surface area contributed by atoms with Gasteiger partial charge >= 0.3 is 12.3 Å². The molecule has 1 aliphatic carbocycles. The maximum atomic E-state index is 14.8. The summed E-state index contributed by atoms with van der Waals surface area (Å²) in [6.07, 6.45) is -0.592. The summed E-state index contributed by atoms with van der Waals surface area (Å²) < 4.78 is 60.7. The molecule has 3 aromatic rings. The van der Waals surface area contributed by atoms with Crippen LogP contribution < -0.4 is 10.6 Å². The van der Waals surface area contributed by atoms with Crippen LogP contribution in [0, 0.1) is 18.7 Å². The molecule has 40 heavy (non-hydrogen) atoms. The second-order valence-corrected chi connectivity index (χ2v) is 10.8. The number of aromatic nitrogens is 5. The standard InChI is InChI=1S/C25H29F4N7O4/c1-14-5-18(25(27,28)29)34-36(14)12-20(37)33-16-6-17(26)21(30-10-16)35-11-19(32-13-35)24(39)7-15(8-24)9-31-22(38)40-23(2,3)4/h5-6,10-11,13,15,39H,7-9,12H2,1-4H3,(H,31,38)(H,33,37). The van der Waals surface area contributed by atoms with Crippen molar-refractivity contribution in [1.82, 2.24) is 29.6 Å². The number of halogens is 4. The van der Waals surface area contributed by atoms with Gasteiger partial charge in [0.2, 0.25) is 5.91 Å². The second-order valence-electron chi connectivity index (χ2n) is 10.8. The number of amides is 2. The Bertz CT molecular complexity index is 1400. The summed E-state index contributed by atoms with van der Waals surface area (Å²) in [5.74, 6) is -1.66. The molecule has 0 spiro atoms. The third kappa shape index (κ3) is 6.76. The lowest BCUT2D eigenvalue weighted by molar-refractivity contribution is -0.141. The Labute approximate surface area is 226 Å². The van der Waals surface area contributed by atoms with Gasteiger partial charge in [-0.3, -0.25) is 14.0 Å². The van der Waals surface area contributed by atoms with E-state index >= 15 is 0 Å². The maximum absolute atomic E-state index is 14.8. The van der Waals surface area contributed by atoms with E-state index in [-0.39, 0.29) is 23.1 Å². The molecule has 0 aromatic carbocycles. The molecule has 0 saturated heterocycles. The Morgan fingerprint density at radius 1 is 1.20 bits per heavy atom. The number of hydrogen-bond acceptors (Lipinski definition) is 7. The highest BCUT2D eigenvalue weighted by molar-refractivity contribution is 5.90. The summed E-state index contributed by atoms with van der Waals surface area (Å²) in [6, 6.07) is 1.83. The summed E-state index contributed by atoms with van der Waals surface area (Å²) in [4.78, 5) is 32.3. The summed E-state index contributed by atoms with van der Waals surface area (Å²) in [5.41, 5.74) is -2.54. The Morgan fingerprint density at radius 3 is 2.50 bits per heavy atom. The summed E-state index contributed by atoms with van der Waals surface area (Å²) >= 11 is 0. The Kier molecular flexibility index (Phi) is 7.62. The zero-order chi connectivity index (χ0) is 29.5. The van der Waals surface area contributed by atoms with E-state index in [2.05, 4.69) is 25.7 Å². The summed E-state index contributed by atoms with van der Waals surface area (Å²) in [5, 5.41) is 19.4. The Hall–Kier alpha value is -4.01. The van der Waals surface area contributed by atoms with E-state index in [0.717, 1.165) is 16.8 Å². The fraction of sp³-hybridized carbons (Fsp3) is 0.480. The number of carbonyl (C=O) groups excluding carboxylic acids is 2.